The van der Waals surface area contributed by atoms with E-state index in [9.17, 15) is 0 Å². The van der Waals surface area contributed by atoms with Gasteiger partial charge in [0.15, 0.2) is 5.82 Å². The maximum Gasteiger partial charge on any atom is 0.213 e. The summed E-state index contributed by atoms with van der Waals surface area (Å²) in [7, 11) is 0. The number of hydrogen-bond donors (Lipinski definition) is 1. The average Bonchev–Trinajstić information content (AvgIpc) is 2.84. The van der Waals surface area contributed by atoms with E-state index in [4.69, 9.17) is 4.52 Å². The first-order chi connectivity index (χ1) is 8.74. The van der Waals surface area contributed by atoms with Crippen molar-refractivity contribution in [2.24, 2.45) is 11.8 Å². The van der Waals surface area contributed by atoms with E-state index in [0.29, 0.717) is 0 Å². The number of aromatic nitrogens is 2. The lowest BCUT2D eigenvalue weighted by Gasteiger charge is -2.31. The Morgan fingerprint density at radius 3 is 2.83 bits per heavy atom. The lowest BCUT2D eigenvalue weighted by atomic mass is 9.96. The van der Waals surface area contributed by atoms with E-state index in [1.807, 2.05) is 0 Å². The highest BCUT2D eigenvalue weighted by molar-refractivity contribution is 4.81. The minimum absolute atomic E-state index is 0.739. The molecule has 1 saturated heterocycles. The van der Waals surface area contributed by atoms with Crippen molar-refractivity contribution in [3.63, 3.8) is 0 Å². The highest BCUT2D eigenvalue weighted by atomic mass is 16.5. The van der Waals surface area contributed by atoms with Crippen LogP contribution in [0.5, 0.6) is 0 Å². The van der Waals surface area contributed by atoms with Crippen LogP contribution in [0.3, 0.4) is 0 Å². The second-order valence-corrected chi connectivity index (χ2v) is 5.62. The van der Waals surface area contributed by atoms with E-state index in [2.05, 4.69) is 34.2 Å². The first kappa shape index (κ1) is 13.5. The first-order valence-corrected chi connectivity index (χ1v) is 6.92. The second kappa shape index (κ2) is 6.85. The normalized spacial score (nSPS) is 18.6. The molecule has 0 unspecified atom stereocenters. The van der Waals surface area contributed by atoms with Crippen LogP contribution in [0.1, 0.15) is 32.5 Å². The van der Waals surface area contributed by atoms with E-state index < -0.39 is 0 Å². The molecule has 2 heterocycles. The molecule has 2 rings (SSSR count). The fraction of sp³-hybridized carbons (Fsp3) is 0.846. The fourth-order valence-electron chi connectivity index (χ4n) is 2.39. The van der Waals surface area contributed by atoms with Crippen LogP contribution in [0.15, 0.2) is 10.9 Å². The van der Waals surface area contributed by atoms with Gasteiger partial charge in [-0.1, -0.05) is 19.0 Å². The smallest absolute Gasteiger partial charge is 0.213 e. The minimum Gasteiger partial charge on any atom is -0.343 e. The second-order valence-electron chi connectivity index (χ2n) is 5.62. The molecule has 0 aliphatic carbocycles. The lowest BCUT2D eigenvalue weighted by molar-refractivity contribution is 0.170. The van der Waals surface area contributed by atoms with Gasteiger partial charge in [0.25, 0.3) is 0 Å². The highest BCUT2D eigenvalue weighted by Crippen LogP contribution is 2.17. The van der Waals surface area contributed by atoms with E-state index in [-0.39, 0.29) is 0 Å². The average molecular weight is 252 g/mol. The monoisotopic (exact) mass is 252 g/mol. The zero-order valence-electron chi connectivity index (χ0n) is 11.4. The molecule has 1 N–H and O–H groups in total. The molecular formula is C13H24N4O. The molecule has 5 nitrogen and oxygen atoms in total. The van der Waals surface area contributed by atoms with Gasteiger partial charge in [0.2, 0.25) is 6.39 Å². The van der Waals surface area contributed by atoms with Crippen molar-refractivity contribution in [2.45, 2.75) is 33.2 Å². The van der Waals surface area contributed by atoms with Gasteiger partial charge >= 0.3 is 0 Å². The molecule has 1 aliphatic heterocycles. The summed E-state index contributed by atoms with van der Waals surface area (Å²) in [6, 6.07) is 0. The Labute approximate surface area is 109 Å². The Kier molecular flexibility index (Phi) is 5.13. The fourth-order valence-corrected chi connectivity index (χ4v) is 2.39. The molecule has 0 bridgehead atoms. The third kappa shape index (κ3) is 4.38. The Balaban J connectivity index is 1.62. The van der Waals surface area contributed by atoms with Crippen LogP contribution in [-0.4, -0.2) is 41.2 Å². The topological polar surface area (TPSA) is 54.2 Å². The molecule has 1 aromatic heterocycles. The van der Waals surface area contributed by atoms with Crippen LogP contribution >= 0.6 is 0 Å². The van der Waals surface area contributed by atoms with Gasteiger partial charge in [0.05, 0.1) is 6.54 Å². The molecule has 0 atom stereocenters. The van der Waals surface area contributed by atoms with Crippen LogP contribution in [0.25, 0.3) is 0 Å². The van der Waals surface area contributed by atoms with Gasteiger partial charge in [-0.05, 0) is 50.9 Å². The van der Waals surface area contributed by atoms with Gasteiger partial charge in [-0.15, -0.1) is 0 Å². The van der Waals surface area contributed by atoms with Crippen LogP contribution < -0.4 is 5.32 Å². The highest BCUT2D eigenvalue weighted by Gasteiger charge is 2.19. The van der Waals surface area contributed by atoms with Gasteiger partial charge in [0.1, 0.15) is 0 Å². The number of nitrogens with one attached hydrogen (secondary N) is 1. The van der Waals surface area contributed by atoms with E-state index in [1.54, 1.807) is 0 Å². The molecule has 0 spiro atoms. The minimum atomic E-state index is 0.739. The van der Waals surface area contributed by atoms with Crippen molar-refractivity contribution in [1.82, 2.24) is 20.4 Å². The first-order valence-electron chi connectivity index (χ1n) is 6.92. The zero-order valence-corrected chi connectivity index (χ0v) is 11.4. The van der Waals surface area contributed by atoms with Gasteiger partial charge in [-0.25, -0.2) is 0 Å². The maximum absolute atomic E-state index is 4.75. The Morgan fingerprint density at radius 1 is 1.44 bits per heavy atom. The van der Waals surface area contributed by atoms with Crippen molar-refractivity contribution in [3.8, 4) is 0 Å². The summed E-state index contributed by atoms with van der Waals surface area (Å²) in [5.74, 6) is 2.36. The van der Waals surface area contributed by atoms with Crippen molar-refractivity contribution in [3.05, 3.63) is 12.2 Å². The molecule has 1 fully saturated rings. The summed E-state index contributed by atoms with van der Waals surface area (Å²) >= 11 is 0. The van der Waals surface area contributed by atoms with Gasteiger partial charge < -0.3 is 9.84 Å². The summed E-state index contributed by atoms with van der Waals surface area (Å²) in [6.45, 7) is 9.89. The predicted octanol–water partition coefficient (Wildman–Crippen LogP) is 1.53. The molecule has 0 radical (unpaired) electrons. The van der Waals surface area contributed by atoms with Crippen LogP contribution in [0.4, 0.5) is 0 Å². The molecular weight excluding hydrogens is 228 g/mol. The largest absolute Gasteiger partial charge is 0.343 e. The SMILES string of the molecule is CC(C)CNCC1CCN(Cc2ncon2)CC1. The standard InChI is InChI=1S/C13H24N4O/c1-11(2)7-14-8-12-3-5-17(6-4-12)9-13-15-10-18-16-13/h10-12,14H,3-9H2,1-2H3. The van der Waals surface area contributed by atoms with E-state index in [0.717, 1.165) is 50.4 Å². The number of likely N-dealkylation sites (tertiary alicyclic amines) is 1. The quantitative estimate of drug-likeness (QED) is 0.832. The predicted molar refractivity (Wildman–Crippen MR) is 70.0 cm³/mol. The van der Waals surface area contributed by atoms with Crippen molar-refractivity contribution in [2.75, 3.05) is 26.2 Å². The molecule has 5 heteroatoms. The molecule has 0 amide bonds. The molecule has 18 heavy (non-hydrogen) atoms. The molecule has 0 aromatic carbocycles. The summed E-state index contributed by atoms with van der Waals surface area (Å²) in [5.41, 5.74) is 0. The number of nitrogens with zero attached hydrogens (tertiary/aromatic N) is 3. The lowest BCUT2D eigenvalue weighted by Crippen LogP contribution is -2.37. The zero-order chi connectivity index (χ0) is 12.8. The van der Waals surface area contributed by atoms with E-state index in [1.165, 1.54) is 19.2 Å². The Hall–Kier alpha value is -0.940. The molecule has 102 valence electrons. The summed E-state index contributed by atoms with van der Waals surface area (Å²) in [6.07, 6.45) is 3.93. The summed E-state index contributed by atoms with van der Waals surface area (Å²) in [4.78, 5) is 6.47. The van der Waals surface area contributed by atoms with Crippen molar-refractivity contribution in [1.29, 1.82) is 0 Å². The molecule has 0 saturated carbocycles. The Bertz CT molecular complexity index is 318. The van der Waals surface area contributed by atoms with Crippen molar-refractivity contribution < 1.29 is 4.52 Å². The van der Waals surface area contributed by atoms with Crippen LogP contribution in [0, 0.1) is 11.8 Å². The number of piperidine rings is 1. The number of hydrogen-bond acceptors (Lipinski definition) is 5. The molecule has 1 aliphatic rings. The van der Waals surface area contributed by atoms with Crippen molar-refractivity contribution >= 4 is 0 Å². The molecule has 1 aromatic rings. The van der Waals surface area contributed by atoms with Gasteiger partial charge in [-0.3, -0.25) is 4.90 Å². The van der Waals surface area contributed by atoms with E-state index >= 15 is 0 Å². The van der Waals surface area contributed by atoms with Gasteiger partial charge in [0, 0.05) is 0 Å². The van der Waals surface area contributed by atoms with Crippen LogP contribution in [-0.2, 0) is 6.54 Å². The third-order valence-electron chi connectivity index (χ3n) is 3.46. The summed E-state index contributed by atoms with van der Waals surface area (Å²) < 4.78 is 4.75. The third-order valence-corrected chi connectivity index (χ3v) is 3.46. The van der Waals surface area contributed by atoms with Crippen LogP contribution in [0.2, 0.25) is 0 Å². The van der Waals surface area contributed by atoms with Gasteiger partial charge in [-0.2, -0.15) is 4.98 Å². The number of rotatable bonds is 6. The summed E-state index contributed by atoms with van der Waals surface area (Å²) in [5, 5.41) is 7.41. The Morgan fingerprint density at radius 2 is 2.22 bits per heavy atom. The maximum atomic E-state index is 4.75.